The third kappa shape index (κ3) is 4.47. The third-order valence-electron chi connectivity index (χ3n) is 1.45. The first kappa shape index (κ1) is 10.7. The fourth-order valence-electron chi connectivity index (χ4n) is 0.731. The normalized spacial score (nSPS) is 11.4. The van der Waals surface area contributed by atoms with Crippen LogP contribution < -0.4 is 0 Å². The average molecular weight is 179 g/mol. The zero-order chi connectivity index (χ0) is 7.98. The maximum Gasteiger partial charge on any atom is 0.0270 e. The minimum absolute atomic E-state index is 0.741. The predicted molar refractivity (Wildman–Crippen MR) is 54.2 cm³/mol. The lowest BCUT2D eigenvalue weighted by Gasteiger charge is -2.22. The molecule has 0 unspecified atom stereocenters. The van der Waals surface area contributed by atoms with Crippen molar-refractivity contribution in [2.24, 2.45) is 0 Å². The second-order valence-electron chi connectivity index (χ2n) is 2.53. The van der Waals surface area contributed by atoms with Crippen LogP contribution in [0.2, 0.25) is 0 Å². The second kappa shape index (κ2) is 6.38. The first-order chi connectivity index (χ1) is 4.72. The molecule has 0 saturated carbocycles. The van der Waals surface area contributed by atoms with Gasteiger partial charge in [0, 0.05) is 17.5 Å². The van der Waals surface area contributed by atoms with E-state index in [4.69, 9.17) is 0 Å². The number of thioether (sulfide) groups is 2. The van der Waals surface area contributed by atoms with Crippen molar-refractivity contribution in [2.75, 3.05) is 38.1 Å². The highest BCUT2D eigenvalue weighted by Crippen LogP contribution is 2.07. The predicted octanol–water partition coefficient (Wildman–Crippen LogP) is 1.64. The molecule has 0 bridgehead atoms. The Hall–Kier alpha value is 0.660. The second-order valence-corrected chi connectivity index (χ2v) is 4.35. The molecule has 0 aliphatic carbocycles. The Labute approximate surface area is 72.9 Å². The Kier molecular flexibility index (Phi) is 6.80. The fraction of sp³-hybridized carbons (Fsp3) is 1.00. The molecule has 1 nitrogen and oxygen atoms in total. The summed E-state index contributed by atoms with van der Waals surface area (Å²) in [4.78, 5) is 2.30. The molecule has 0 N–H and O–H groups in total. The van der Waals surface area contributed by atoms with Crippen molar-refractivity contribution in [2.45, 2.75) is 6.04 Å². The molecule has 3 heteroatoms. The van der Waals surface area contributed by atoms with E-state index in [2.05, 4.69) is 31.5 Å². The third-order valence-corrected chi connectivity index (χ3v) is 2.88. The van der Waals surface area contributed by atoms with E-state index in [1.165, 1.54) is 11.5 Å². The highest BCUT2D eigenvalue weighted by molar-refractivity contribution is 7.99. The summed E-state index contributed by atoms with van der Waals surface area (Å²) in [7, 11) is 4.30. The van der Waals surface area contributed by atoms with Gasteiger partial charge in [-0.05, 0) is 26.6 Å². The molecule has 0 aromatic heterocycles. The number of nitrogens with zero attached hydrogens (tertiary/aromatic N) is 1. The molecule has 0 fully saturated rings. The molecule has 0 saturated heterocycles. The van der Waals surface area contributed by atoms with E-state index in [1.807, 2.05) is 23.5 Å². The van der Waals surface area contributed by atoms with E-state index in [0.717, 1.165) is 6.04 Å². The monoisotopic (exact) mass is 179 g/mol. The maximum absolute atomic E-state index is 2.30. The Balaban J connectivity index is 3.50. The van der Waals surface area contributed by atoms with Crippen LogP contribution >= 0.6 is 23.5 Å². The van der Waals surface area contributed by atoms with E-state index in [0.29, 0.717) is 0 Å². The van der Waals surface area contributed by atoms with Crippen molar-refractivity contribution in [3.63, 3.8) is 0 Å². The van der Waals surface area contributed by atoms with Gasteiger partial charge in [0.25, 0.3) is 0 Å². The summed E-state index contributed by atoms with van der Waals surface area (Å²) in [6.07, 6.45) is 4.33. The smallest absolute Gasteiger partial charge is 0.0270 e. The van der Waals surface area contributed by atoms with Crippen LogP contribution in [0, 0.1) is 0 Å². The van der Waals surface area contributed by atoms with Gasteiger partial charge in [0.05, 0.1) is 0 Å². The van der Waals surface area contributed by atoms with Crippen LogP contribution in [0.1, 0.15) is 0 Å². The molecule has 0 aliphatic rings. The van der Waals surface area contributed by atoms with E-state index in [9.17, 15) is 0 Å². The van der Waals surface area contributed by atoms with Crippen molar-refractivity contribution in [1.82, 2.24) is 4.90 Å². The number of hydrogen-bond acceptors (Lipinski definition) is 3. The molecule has 10 heavy (non-hydrogen) atoms. The van der Waals surface area contributed by atoms with Crippen LogP contribution in [0.3, 0.4) is 0 Å². The lowest BCUT2D eigenvalue weighted by atomic mass is 10.4. The molecule has 0 spiro atoms. The molecule has 0 rings (SSSR count). The standard InChI is InChI=1S/C7H17NS2/c1-8(2)7(5-9-3)6-10-4/h7H,5-6H2,1-4H3. The molecule has 0 amide bonds. The van der Waals surface area contributed by atoms with E-state index < -0.39 is 0 Å². The lowest BCUT2D eigenvalue weighted by molar-refractivity contribution is 0.345. The molecule has 0 heterocycles. The zero-order valence-corrected chi connectivity index (χ0v) is 8.89. The van der Waals surface area contributed by atoms with Gasteiger partial charge in [0.15, 0.2) is 0 Å². The minimum atomic E-state index is 0.741. The van der Waals surface area contributed by atoms with Crippen molar-refractivity contribution >= 4 is 23.5 Å². The zero-order valence-electron chi connectivity index (χ0n) is 7.26. The molecule has 0 aliphatic heterocycles. The lowest BCUT2D eigenvalue weighted by Crippen LogP contribution is -2.32. The van der Waals surface area contributed by atoms with Gasteiger partial charge in [-0.15, -0.1) is 0 Å². The van der Waals surface area contributed by atoms with Gasteiger partial charge in [-0.1, -0.05) is 0 Å². The van der Waals surface area contributed by atoms with Crippen LogP contribution in [-0.4, -0.2) is 49.1 Å². The topological polar surface area (TPSA) is 3.24 Å². The summed E-state index contributed by atoms with van der Waals surface area (Å²) in [6, 6.07) is 0.741. The molecule has 62 valence electrons. The Bertz CT molecular complexity index is 70.0. The molecule has 0 aromatic carbocycles. The summed E-state index contributed by atoms with van der Waals surface area (Å²) in [6.45, 7) is 0. The molecular formula is C7H17NS2. The van der Waals surface area contributed by atoms with Gasteiger partial charge in [0.1, 0.15) is 0 Å². The molecule has 0 atom stereocenters. The van der Waals surface area contributed by atoms with Gasteiger partial charge in [-0.2, -0.15) is 23.5 Å². The van der Waals surface area contributed by atoms with Crippen LogP contribution in [0.15, 0.2) is 0 Å². The van der Waals surface area contributed by atoms with Crippen LogP contribution in [0.25, 0.3) is 0 Å². The van der Waals surface area contributed by atoms with Crippen molar-refractivity contribution in [3.05, 3.63) is 0 Å². The maximum atomic E-state index is 2.30. The summed E-state index contributed by atoms with van der Waals surface area (Å²) >= 11 is 3.85. The summed E-state index contributed by atoms with van der Waals surface area (Å²) in [5, 5.41) is 0. The number of rotatable bonds is 5. The van der Waals surface area contributed by atoms with Crippen LogP contribution in [0.5, 0.6) is 0 Å². The number of hydrogen-bond donors (Lipinski definition) is 0. The van der Waals surface area contributed by atoms with Crippen LogP contribution in [0.4, 0.5) is 0 Å². The van der Waals surface area contributed by atoms with E-state index >= 15 is 0 Å². The van der Waals surface area contributed by atoms with E-state index in [-0.39, 0.29) is 0 Å². The van der Waals surface area contributed by atoms with Gasteiger partial charge >= 0.3 is 0 Å². The highest BCUT2D eigenvalue weighted by atomic mass is 32.2. The first-order valence-corrected chi connectivity index (χ1v) is 6.15. The van der Waals surface area contributed by atoms with Gasteiger partial charge in [-0.25, -0.2) is 0 Å². The Morgan fingerprint density at radius 3 is 1.70 bits per heavy atom. The first-order valence-electron chi connectivity index (χ1n) is 3.36. The van der Waals surface area contributed by atoms with Crippen molar-refractivity contribution in [3.8, 4) is 0 Å². The van der Waals surface area contributed by atoms with Crippen molar-refractivity contribution in [1.29, 1.82) is 0 Å². The summed E-state index contributed by atoms with van der Waals surface area (Å²) < 4.78 is 0. The SMILES string of the molecule is CSCC(CSC)N(C)C. The van der Waals surface area contributed by atoms with Gasteiger partial charge in [0.2, 0.25) is 0 Å². The van der Waals surface area contributed by atoms with Gasteiger partial charge in [-0.3, -0.25) is 0 Å². The summed E-state index contributed by atoms with van der Waals surface area (Å²) in [5.41, 5.74) is 0. The van der Waals surface area contributed by atoms with E-state index in [1.54, 1.807) is 0 Å². The quantitative estimate of drug-likeness (QED) is 0.632. The fourth-order valence-corrected chi connectivity index (χ4v) is 2.48. The molecule has 0 radical (unpaired) electrons. The average Bonchev–Trinajstić information content (AvgIpc) is 1.87. The molecular weight excluding hydrogens is 162 g/mol. The van der Waals surface area contributed by atoms with Gasteiger partial charge < -0.3 is 4.90 Å². The molecule has 0 aromatic rings. The highest BCUT2D eigenvalue weighted by Gasteiger charge is 2.08. The Morgan fingerprint density at radius 2 is 1.50 bits per heavy atom. The largest absolute Gasteiger partial charge is 0.305 e. The minimum Gasteiger partial charge on any atom is -0.305 e. The Morgan fingerprint density at radius 1 is 1.10 bits per heavy atom. The summed E-state index contributed by atoms with van der Waals surface area (Å²) in [5.74, 6) is 2.49. The van der Waals surface area contributed by atoms with Crippen LogP contribution in [-0.2, 0) is 0 Å². The van der Waals surface area contributed by atoms with Crippen molar-refractivity contribution < 1.29 is 0 Å².